The fourth-order valence-corrected chi connectivity index (χ4v) is 1.25. The van der Waals surface area contributed by atoms with Crippen molar-refractivity contribution < 1.29 is 13.6 Å². The molecule has 4 nitrogen and oxygen atoms in total. The Bertz CT molecular complexity index is 387. The van der Waals surface area contributed by atoms with Gasteiger partial charge in [-0.3, -0.25) is 4.79 Å². The van der Waals surface area contributed by atoms with Crippen molar-refractivity contribution in [3.63, 3.8) is 0 Å². The third-order valence-electron chi connectivity index (χ3n) is 1.75. The zero-order chi connectivity index (χ0) is 12.2. The Labute approximate surface area is 99.4 Å². The molecule has 7 heteroatoms. The first-order chi connectivity index (χ1) is 7.44. The zero-order valence-electron chi connectivity index (χ0n) is 8.21. The summed E-state index contributed by atoms with van der Waals surface area (Å²) in [6.45, 7) is -1.60. The van der Waals surface area contributed by atoms with Gasteiger partial charge in [0.2, 0.25) is 0 Å². The lowest BCUT2D eigenvalue weighted by molar-refractivity contribution is 0.0118. The molecule has 0 aliphatic rings. The van der Waals surface area contributed by atoms with Gasteiger partial charge in [-0.05, 0) is 28.1 Å². The number of nitrogens with two attached hydrogens (primary N) is 1. The van der Waals surface area contributed by atoms with Crippen molar-refractivity contribution in [2.75, 3.05) is 13.1 Å². The maximum absolute atomic E-state index is 12.7. The molecule has 0 saturated carbocycles. The van der Waals surface area contributed by atoms with E-state index in [9.17, 15) is 13.6 Å². The molecule has 0 aliphatic carbocycles. The molecule has 1 rings (SSSR count). The van der Waals surface area contributed by atoms with Crippen LogP contribution in [0.15, 0.2) is 22.8 Å². The fraction of sp³-hybridized carbons (Fsp3) is 0.333. The van der Waals surface area contributed by atoms with E-state index in [2.05, 4.69) is 26.2 Å². The Morgan fingerprint density at radius 1 is 1.56 bits per heavy atom. The van der Waals surface area contributed by atoms with E-state index < -0.39 is 24.9 Å². The second-order valence-corrected chi connectivity index (χ2v) is 3.90. The number of hydrogen-bond donors (Lipinski definition) is 2. The standard InChI is InChI=1S/C9H10BrF2N3O/c10-7-3-1-2-6(15-7)8(16)14-5-9(11,12)4-13/h1-3H,4-5,13H2,(H,14,16). The molecule has 88 valence electrons. The van der Waals surface area contributed by atoms with E-state index in [1.54, 1.807) is 12.1 Å². The molecular formula is C9H10BrF2N3O. The third-order valence-corrected chi connectivity index (χ3v) is 2.20. The van der Waals surface area contributed by atoms with Crippen LogP contribution >= 0.6 is 15.9 Å². The molecule has 0 unspecified atom stereocenters. The first-order valence-corrected chi connectivity index (χ1v) is 5.22. The van der Waals surface area contributed by atoms with E-state index in [4.69, 9.17) is 5.73 Å². The average molecular weight is 294 g/mol. The van der Waals surface area contributed by atoms with E-state index >= 15 is 0 Å². The summed E-state index contributed by atoms with van der Waals surface area (Å²) in [5.74, 6) is -3.75. The van der Waals surface area contributed by atoms with Crippen LogP contribution < -0.4 is 11.1 Å². The number of nitrogens with zero attached hydrogens (tertiary/aromatic N) is 1. The van der Waals surface area contributed by atoms with Gasteiger partial charge in [-0.15, -0.1) is 0 Å². The number of rotatable bonds is 4. The highest BCUT2D eigenvalue weighted by atomic mass is 79.9. The van der Waals surface area contributed by atoms with Crippen molar-refractivity contribution in [2.45, 2.75) is 5.92 Å². The van der Waals surface area contributed by atoms with E-state index in [0.29, 0.717) is 4.60 Å². The average Bonchev–Trinajstić information content (AvgIpc) is 2.26. The number of carbonyl (C=O) groups excluding carboxylic acids is 1. The van der Waals surface area contributed by atoms with Crippen LogP contribution in [0, 0.1) is 0 Å². The monoisotopic (exact) mass is 293 g/mol. The highest BCUT2D eigenvalue weighted by Gasteiger charge is 2.27. The van der Waals surface area contributed by atoms with Crippen molar-refractivity contribution >= 4 is 21.8 Å². The van der Waals surface area contributed by atoms with Gasteiger partial charge in [-0.2, -0.15) is 0 Å². The Morgan fingerprint density at radius 2 is 2.25 bits per heavy atom. The Morgan fingerprint density at radius 3 is 2.81 bits per heavy atom. The van der Waals surface area contributed by atoms with Crippen LogP contribution in [0.25, 0.3) is 0 Å². The van der Waals surface area contributed by atoms with Gasteiger partial charge in [0.1, 0.15) is 10.3 Å². The minimum atomic E-state index is -3.10. The molecule has 1 amide bonds. The van der Waals surface area contributed by atoms with Gasteiger partial charge in [0.25, 0.3) is 11.8 Å². The molecule has 16 heavy (non-hydrogen) atoms. The predicted octanol–water partition coefficient (Wildman–Crippen LogP) is 1.17. The van der Waals surface area contributed by atoms with Crippen LogP contribution in [0.1, 0.15) is 10.5 Å². The van der Waals surface area contributed by atoms with Crippen LogP contribution in [0.4, 0.5) is 8.78 Å². The van der Waals surface area contributed by atoms with Crippen LogP contribution in [-0.4, -0.2) is 29.9 Å². The first kappa shape index (κ1) is 13.0. The summed E-state index contributed by atoms with van der Waals surface area (Å²) in [4.78, 5) is 15.2. The molecule has 0 aliphatic heterocycles. The lowest BCUT2D eigenvalue weighted by Crippen LogP contribution is -2.41. The number of aromatic nitrogens is 1. The molecule has 0 radical (unpaired) electrons. The van der Waals surface area contributed by atoms with Crippen molar-refractivity contribution in [1.82, 2.24) is 10.3 Å². The molecule has 0 bridgehead atoms. The Hall–Kier alpha value is -1.08. The molecule has 0 atom stereocenters. The van der Waals surface area contributed by atoms with E-state index in [-0.39, 0.29) is 5.69 Å². The van der Waals surface area contributed by atoms with E-state index in [1.165, 1.54) is 6.07 Å². The number of carbonyl (C=O) groups is 1. The molecule has 1 heterocycles. The predicted molar refractivity (Wildman–Crippen MR) is 58.3 cm³/mol. The minimum absolute atomic E-state index is 0.0715. The number of amides is 1. The number of hydrogen-bond acceptors (Lipinski definition) is 3. The summed E-state index contributed by atoms with van der Waals surface area (Å²) in [6.07, 6.45) is 0. The maximum Gasteiger partial charge on any atom is 0.277 e. The maximum atomic E-state index is 12.7. The summed E-state index contributed by atoms with van der Waals surface area (Å²) >= 11 is 3.08. The summed E-state index contributed by atoms with van der Waals surface area (Å²) in [5.41, 5.74) is 4.90. The van der Waals surface area contributed by atoms with Crippen LogP contribution in [-0.2, 0) is 0 Å². The number of pyridine rings is 1. The Kier molecular flexibility index (Phi) is 4.31. The summed E-state index contributed by atoms with van der Waals surface area (Å²) in [5, 5.41) is 2.07. The molecule has 1 aromatic rings. The van der Waals surface area contributed by atoms with Crippen molar-refractivity contribution in [3.8, 4) is 0 Å². The zero-order valence-corrected chi connectivity index (χ0v) is 9.80. The summed E-state index contributed by atoms with van der Waals surface area (Å²) < 4.78 is 25.9. The first-order valence-electron chi connectivity index (χ1n) is 4.43. The third kappa shape index (κ3) is 3.82. The smallest absolute Gasteiger partial charge is 0.277 e. The topological polar surface area (TPSA) is 68.0 Å². The largest absolute Gasteiger partial charge is 0.345 e. The van der Waals surface area contributed by atoms with Crippen molar-refractivity contribution in [2.24, 2.45) is 5.73 Å². The van der Waals surface area contributed by atoms with Crippen molar-refractivity contribution in [1.29, 1.82) is 0 Å². The van der Waals surface area contributed by atoms with Crippen molar-refractivity contribution in [3.05, 3.63) is 28.5 Å². The molecule has 0 spiro atoms. The summed E-state index contributed by atoms with van der Waals surface area (Å²) in [7, 11) is 0. The quantitative estimate of drug-likeness (QED) is 0.819. The van der Waals surface area contributed by atoms with Gasteiger partial charge in [0.15, 0.2) is 0 Å². The second-order valence-electron chi connectivity index (χ2n) is 3.09. The lowest BCUT2D eigenvalue weighted by atomic mass is 10.3. The molecule has 1 aromatic heterocycles. The van der Waals surface area contributed by atoms with Gasteiger partial charge in [-0.1, -0.05) is 6.07 Å². The van der Waals surface area contributed by atoms with Gasteiger partial charge in [-0.25, -0.2) is 13.8 Å². The van der Waals surface area contributed by atoms with Gasteiger partial charge in [0, 0.05) is 0 Å². The highest BCUT2D eigenvalue weighted by Crippen LogP contribution is 2.10. The van der Waals surface area contributed by atoms with Crippen LogP contribution in [0.5, 0.6) is 0 Å². The van der Waals surface area contributed by atoms with Gasteiger partial charge in [0.05, 0.1) is 13.1 Å². The SMILES string of the molecule is NCC(F)(F)CNC(=O)c1cccc(Br)n1. The fourth-order valence-electron chi connectivity index (χ4n) is 0.907. The Balaban J connectivity index is 2.60. The second kappa shape index (κ2) is 5.31. The van der Waals surface area contributed by atoms with E-state index in [0.717, 1.165) is 0 Å². The summed E-state index contributed by atoms with van der Waals surface area (Å²) in [6, 6.07) is 4.65. The number of nitrogens with one attached hydrogen (secondary N) is 1. The highest BCUT2D eigenvalue weighted by molar-refractivity contribution is 9.10. The molecule has 0 fully saturated rings. The molecular weight excluding hydrogens is 284 g/mol. The lowest BCUT2D eigenvalue weighted by Gasteiger charge is -2.14. The number of halogens is 3. The normalized spacial score (nSPS) is 11.2. The van der Waals surface area contributed by atoms with E-state index in [1.807, 2.05) is 0 Å². The van der Waals surface area contributed by atoms with Gasteiger partial charge >= 0.3 is 0 Å². The van der Waals surface area contributed by atoms with Crippen LogP contribution in [0.2, 0.25) is 0 Å². The number of alkyl halides is 2. The minimum Gasteiger partial charge on any atom is -0.345 e. The molecule has 0 saturated heterocycles. The molecule has 0 aromatic carbocycles. The van der Waals surface area contributed by atoms with Crippen LogP contribution in [0.3, 0.4) is 0 Å². The van der Waals surface area contributed by atoms with Gasteiger partial charge < -0.3 is 11.1 Å². The molecule has 3 N–H and O–H groups in total.